The molecule has 3 N–H and O–H groups in total. The predicted molar refractivity (Wildman–Crippen MR) is 112 cm³/mol. The lowest BCUT2D eigenvalue weighted by atomic mass is 10.1. The van der Waals surface area contributed by atoms with Crippen molar-refractivity contribution in [3.05, 3.63) is 36.4 Å². The molecular formula is C21H25N5O6. The Labute approximate surface area is 184 Å². The van der Waals surface area contributed by atoms with E-state index in [1.54, 1.807) is 29.1 Å². The van der Waals surface area contributed by atoms with Gasteiger partial charge in [-0.05, 0) is 31.5 Å². The molecule has 0 bridgehead atoms. The van der Waals surface area contributed by atoms with Crippen molar-refractivity contribution in [3.63, 3.8) is 0 Å². The molecule has 0 saturated carbocycles. The second-order valence-corrected chi connectivity index (χ2v) is 8.23. The van der Waals surface area contributed by atoms with Gasteiger partial charge in [0.2, 0.25) is 0 Å². The summed E-state index contributed by atoms with van der Waals surface area (Å²) in [7, 11) is 1.50. The van der Waals surface area contributed by atoms with Gasteiger partial charge in [-0.25, -0.2) is 15.0 Å². The molecule has 0 aliphatic carbocycles. The van der Waals surface area contributed by atoms with Crippen LogP contribution < -0.4 is 10.5 Å². The lowest BCUT2D eigenvalue weighted by Crippen LogP contribution is -2.32. The normalized spacial score (nSPS) is 26.5. The molecule has 1 aromatic carbocycles. The number of nitrogens with two attached hydrogens (primary N) is 1. The van der Waals surface area contributed by atoms with E-state index in [9.17, 15) is 5.11 Å². The zero-order chi connectivity index (χ0) is 22.5. The van der Waals surface area contributed by atoms with E-state index in [0.717, 1.165) is 5.56 Å². The van der Waals surface area contributed by atoms with Gasteiger partial charge < -0.3 is 34.5 Å². The SMILES string of the molecule is COc1cc(COC[C@H]2O[C@@H](n3cnc4c(N)ncnc43)[C@@H]3OC(C)(C)O[C@@H]32)ccc1O. The first kappa shape index (κ1) is 20.9. The molecule has 0 spiro atoms. The van der Waals surface area contributed by atoms with E-state index in [2.05, 4.69) is 15.0 Å². The summed E-state index contributed by atoms with van der Waals surface area (Å²) in [6.07, 6.45) is 1.43. The third kappa shape index (κ3) is 3.62. The molecule has 2 aliphatic heterocycles. The van der Waals surface area contributed by atoms with Gasteiger partial charge in [-0.1, -0.05) is 6.07 Å². The molecule has 11 heteroatoms. The van der Waals surface area contributed by atoms with E-state index in [1.165, 1.54) is 13.4 Å². The summed E-state index contributed by atoms with van der Waals surface area (Å²) < 4.78 is 31.5. The van der Waals surface area contributed by atoms with Crippen molar-refractivity contribution in [1.29, 1.82) is 0 Å². The molecule has 2 aromatic heterocycles. The fourth-order valence-electron chi connectivity index (χ4n) is 4.18. The van der Waals surface area contributed by atoms with Gasteiger partial charge in [0.1, 0.15) is 30.2 Å². The molecule has 2 fully saturated rings. The number of rotatable bonds is 6. The summed E-state index contributed by atoms with van der Waals surface area (Å²) in [4.78, 5) is 12.6. The van der Waals surface area contributed by atoms with Gasteiger partial charge in [0.15, 0.2) is 35.0 Å². The molecule has 4 heterocycles. The van der Waals surface area contributed by atoms with Gasteiger partial charge in [0.05, 0.1) is 26.7 Å². The Balaban J connectivity index is 1.34. The number of hydrogen-bond donors (Lipinski definition) is 2. The highest BCUT2D eigenvalue weighted by molar-refractivity contribution is 5.81. The van der Waals surface area contributed by atoms with Crippen LogP contribution in [0.25, 0.3) is 11.2 Å². The maximum Gasteiger partial charge on any atom is 0.167 e. The minimum absolute atomic E-state index is 0.0804. The van der Waals surface area contributed by atoms with Crippen molar-refractivity contribution in [3.8, 4) is 11.5 Å². The number of aromatic hydroxyl groups is 1. The Hall–Kier alpha value is -2.99. The van der Waals surface area contributed by atoms with E-state index < -0.39 is 12.0 Å². The van der Waals surface area contributed by atoms with Gasteiger partial charge in [-0.3, -0.25) is 4.57 Å². The zero-order valence-corrected chi connectivity index (χ0v) is 18.0. The Morgan fingerprint density at radius 2 is 2.00 bits per heavy atom. The molecular weight excluding hydrogens is 418 g/mol. The van der Waals surface area contributed by atoms with Crippen LogP contribution in [0, 0.1) is 0 Å². The third-order valence-electron chi connectivity index (χ3n) is 5.58. The van der Waals surface area contributed by atoms with Crippen LogP contribution in [0.2, 0.25) is 0 Å². The summed E-state index contributed by atoms with van der Waals surface area (Å²) in [5, 5.41) is 9.76. The van der Waals surface area contributed by atoms with Gasteiger partial charge in [0.25, 0.3) is 0 Å². The molecule has 0 unspecified atom stereocenters. The second-order valence-electron chi connectivity index (χ2n) is 8.23. The second kappa shape index (κ2) is 7.85. The monoisotopic (exact) mass is 443 g/mol. The molecule has 4 atom stereocenters. The first-order valence-corrected chi connectivity index (χ1v) is 10.2. The Kier molecular flexibility index (Phi) is 5.13. The fourth-order valence-corrected chi connectivity index (χ4v) is 4.18. The van der Waals surface area contributed by atoms with Crippen LogP contribution in [0.1, 0.15) is 25.6 Å². The molecule has 0 amide bonds. The average Bonchev–Trinajstić information content (AvgIpc) is 3.41. The van der Waals surface area contributed by atoms with Crippen molar-refractivity contribution < 1.29 is 28.8 Å². The van der Waals surface area contributed by atoms with Crippen LogP contribution in [-0.4, -0.2) is 62.4 Å². The Bertz CT molecular complexity index is 1140. The van der Waals surface area contributed by atoms with Crippen molar-refractivity contribution in [2.45, 2.75) is 50.8 Å². The zero-order valence-electron chi connectivity index (χ0n) is 18.0. The highest BCUT2D eigenvalue weighted by atomic mass is 16.8. The van der Waals surface area contributed by atoms with Crippen molar-refractivity contribution in [2.75, 3.05) is 19.5 Å². The van der Waals surface area contributed by atoms with E-state index in [0.29, 0.717) is 29.3 Å². The summed E-state index contributed by atoms with van der Waals surface area (Å²) in [5.74, 6) is 0.0174. The summed E-state index contributed by atoms with van der Waals surface area (Å²) in [6.45, 7) is 4.34. The molecule has 170 valence electrons. The number of benzene rings is 1. The van der Waals surface area contributed by atoms with Crippen LogP contribution in [0.4, 0.5) is 5.82 Å². The Morgan fingerprint density at radius 3 is 2.81 bits per heavy atom. The van der Waals surface area contributed by atoms with E-state index in [1.807, 2.05) is 13.8 Å². The number of methoxy groups -OCH3 is 1. The maximum atomic E-state index is 9.76. The van der Waals surface area contributed by atoms with Gasteiger partial charge in [-0.15, -0.1) is 0 Å². The first-order chi connectivity index (χ1) is 15.4. The van der Waals surface area contributed by atoms with Gasteiger partial charge >= 0.3 is 0 Å². The summed E-state index contributed by atoms with van der Waals surface area (Å²) in [6, 6.07) is 5.08. The average molecular weight is 443 g/mol. The Morgan fingerprint density at radius 1 is 1.19 bits per heavy atom. The summed E-state index contributed by atoms with van der Waals surface area (Å²) in [5.41, 5.74) is 7.86. The number of anilines is 1. The summed E-state index contributed by atoms with van der Waals surface area (Å²) >= 11 is 0. The number of ether oxygens (including phenoxy) is 5. The van der Waals surface area contributed by atoms with Crippen molar-refractivity contribution in [1.82, 2.24) is 19.5 Å². The number of imidazole rings is 1. The minimum atomic E-state index is -0.760. The maximum absolute atomic E-state index is 9.76. The minimum Gasteiger partial charge on any atom is -0.504 e. The number of aromatic nitrogens is 4. The predicted octanol–water partition coefficient (Wildman–Crippen LogP) is 1.76. The number of hydrogen-bond acceptors (Lipinski definition) is 10. The molecule has 0 radical (unpaired) electrons. The molecule has 2 aliphatic rings. The van der Waals surface area contributed by atoms with E-state index in [4.69, 9.17) is 29.4 Å². The number of phenols is 1. The highest BCUT2D eigenvalue weighted by Gasteiger charge is 2.56. The quantitative estimate of drug-likeness (QED) is 0.580. The molecule has 2 saturated heterocycles. The van der Waals surface area contributed by atoms with Gasteiger partial charge in [0, 0.05) is 0 Å². The van der Waals surface area contributed by atoms with Crippen LogP contribution in [0.15, 0.2) is 30.9 Å². The first-order valence-electron chi connectivity index (χ1n) is 10.2. The van der Waals surface area contributed by atoms with Crippen LogP contribution in [-0.2, 0) is 25.6 Å². The fraction of sp³-hybridized carbons (Fsp3) is 0.476. The van der Waals surface area contributed by atoms with Crippen LogP contribution >= 0.6 is 0 Å². The number of nitrogen functional groups attached to an aromatic ring is 1. The van der Waals surface area contributed by atoms with Crippen LogP contribution in [0.5, 0.6) is 11.5 Å². The van der Waals surface area contributed by atoms with Gasteiger partial charge in [-0.2, -0.15) is 0 Å². The van der Waals surface area contributed by atoms with E-state index >= 15 is 0 Å². The molecule has 11 nitrogen and oxygen atoms in total. The number of phenolic OH excluding ortho intramolecular Hbond substituents is 1. The number of fused-ring (bicyclic) bond motifs is 2. The van der Waals surface area contributed by atoms with Crippen molar-refractivity contribution >= 4 is 17.0 Å². The lowest BCUT2D eigenvalue weighted by Gasteiger charge is -2.24. The smallest absolute Gasteiger partial charge is 0.167 e. The largest absolute Gasteiger partial charge is 0.504 e. The lowest BCUT2D eigenvalue weighted by molar-refractivity contribution is -0.202. The van der Waals surface area contributed by atoms with E-state index in [-0.39, 0.29) is 30.7 Å². The standard InChI is InChI=1S/C21H25N5O6/c1-21(2)31-16-14(8-29-7-11-4-5-12(27)13(6-11)28-3)30-20(17(16)32-21)26-10-25-15-18(22)23-9-24-19(15)26/h4-6,9-10,14,16-17,20,27H,7-8H2,1-3H3,(H2,22,23,24)/t14-,16-,17-,20-/m1/s1. The van der Waals surface area contributed by atoms with Crippen molar-refractivity contribution in [2.24, 2.45) is 0 Å². The highest BCUT2D eigenvalue weighted by Crippen LogP contribution is 2.44. The molecule has 3 aromatic rings. The topological polar surface area (TPSA) is 136 Å². The molecule has 32 heavy (non-hydrogen) atoms. The third-order valence-corrected chi connectivity index (χ3v) is 5.58. The number of nitrogens with zero attached hydrogens (tertiary/aromatic N) is 4. The molecule has 5 rings (SSSR count). The van der Waals surface area contributed by atoms with Crippen LogP contribution in [0.3, 0.4) is 0 Å².